The Kier molecular flexibility index (Phi) is 3.30. The first kappa shape index (κ1) is 13.0. The zero-order valence-electron chi connectivity index (χ0n) is 10.5. The van der Waals surface area contributed by atoms with E-state index in [4.69, 9.17) is 11.5 Å². The van der Waals surface area contributed by atoms with E-state index in [9.17, 15) is 5.21 Å². The summed E-state index contributed by atoms with van der Waals surface area (Å²) in [6.45, 7) is 8.48. The van der Waals surface area contributed by atoms with Crippen molar-refractivity contribution < 1.29 is 5.21 Å². The highest BCUT2D eigenvalue weighted by molar-refractivity contribution is 5.75. The Bertz CT molecular complexity index is 327. The minimum atomic E-state index is -0.359. The maximum atomic E-state index is 10.1. The van der Waals surface area contributed by atoms with Gasteiger partial charge in [0.25, 0.3) is 0 Å². The molecule has 1 aliphatic rings. The first-order valence-corrected chi connectivity index (χ1v) is 5.45. The quantitative estimate of drug-likeness (QED) is 0.378. The molecule has 0 radical (unpaired) electrons. The molecule has 0 saturated heterocycles. The van der Waals surface area contributed by atoms with Crippen molar-refractivity contribution in [2.45, 2.75) is 45.2 Å². The van der Waals surface area contributed by atoms with Crippen molar-refractivity contribution >= 4 is 5.96 Å². The fourth-order valence-corrected chi connectivity index (χ4v) is 2.20. The summed E-state index contributed by atoms with van der Waals surface area (Å²) in [5.41, 5.74) is 11.0. The molecule has 1 heterocycles. The largest absolute Gasteiger partial charge is 0.370 e. The van der Waals surface area contributed by atoms with E-state index in [1.807, 2.05) is 27.7 Å². The van der Waals surface area contributed by atoms with Gasteiger partial charge in [0.1, 0.15) is 0 Å². The van der Waals surface area contributed by atoms with Gasteiger partial charge in [-0.1, -0.05) is 6.08 Å². The van der Waals surface area contributed by atoms with Crippen LogP contribution in [-0.4, -0.2) is 33.9 Å². The number of rotatable bonds is 3. The molecule has 0 unspecified atom stereocenters. The highest BCUT2D eigenvalue weighted by Crippen LogP contribution is 2.39. The summed E-state index contributed by atoms with van der Waals surface area (Å²) in [7, 11) is 0. The van der Waals surface area contributed by atoms with Crippen LogP contribution in [0, 0.1) is 0 Å². The average molecular weight is 226 g/mol. The van der Waals surface area contributed by atoms with E-state index in [2.05, 4.69) is 11.1 Å². The van der Waals surface area contributed by atoms with Gasteiger partial charge >= 0.3 is 0 Å². The van der Waals surface area contributed by atoms with Gasteiger partial charge in [0.05, 0.1) is 11.1 Å². The Hall–Kier alpha value is -1.07. The highest BCUT2D eigenvalue weighted by Gasteiger charge is 2.44. The zero-order chi connectivity index (χ0) is 12.6. The van der Waals surface area contributed by atoms with Crippen molar-refractivity contribution in [2.75, 3.05) is 6.54 Å². The van der Waals surface area contributed by atoms with Crippen molar-refractivity contribution in [3.05, 3.63) is 11.6 Å². The van der Waals surface area contributed by atoms with Gasteiger partial charge in [0, 0.05) is 6.54 Å². The molecule has 1 rings (SSSR count). The molecule has 0 amide bonds. The van der Waals surface area contributed by atoms with Crippen LogP contribution in [0.3, 0.4) is 0 Å². The Morgan fingerprint density at radius 2 is 1.94 bits per heavy atom. The molecule has 0 bridgehead atoms. The smallest absolute Gasteiger partial charge is 0.185 e. The number of guanidine groups is 1. The van der Waals surface area contributed by atoms with E-state index in [1.165, 1.54) is 5.06 Å². The maximum Gasteiger partial charge on any atom is 0.185 e. The molecule has 0 aromatic heterocycles. The Labute approximate surface area is 96.8 Å². The molecule has 0 fully saturated rings. The second-order valence-corrected chi connectivity index (χ2v) is 5.25. The van der Waals surface area contributed by atoms with Gasteiger partial charge in [-0.2, -0.15) is 5.06 Å². The van der Waals surface area contributed by atoms with Crippen molar-refractivity contribution in [1.29, 1.82) is 0 Å². The van der Waals surface area contributed by atoms with Crippen LogP contribution in [0.4, 0.5) is 0 Å². The van der Waals surface area contributed by atoms with Crippen LogP contribution < -0.4 is 11.5 Å². The SMILES string of the molecule is CC1(C)C=C(CCN=C(N)N)C(C)(C)N1O. The second-order valence-electron chi connectivity index (χ2n) is 5.25. The van der Waals surface area contributed by atoms with Gasteiger partial charge < -0.3 is 16.7 Å². The second kappa shape index (κ2) is 4.07. The topological polar surface area (TPSA) is 87.9 Å². The Balaban J connectivity index is 2.77. The summed E-state index contributed by atoms with van der Waals surface area (Å²) in [6, 6.07) is 0. The molecule has 0 aromatic rings. The van der Waals surface area contributed by atoms with E-state index in [1.54, 1.807) is 0 Å². The van der Waals surface area contributed by atoms with E-state index in [0.717, 1.165) is 12.0 Å². The van der Waals surface area contributed by atoms with Crippen LogP contribution in [0.1, 0.15) is 34.1 Å². The molecule has 0 spiro atoms. The van der Waals surface area contributed by atoms with E-state index < -0.39 is 0 Å². The average Bonchev–Trinajstić information content (AvgIpc) is 2.27. The lowest BCUT2D eigenvalue weighted by Gasteiger charge is -2.36. The molecule has 0 saturated carbocycles. The van der Waals surface area contributed by atoms with Gasteiger partial charge in [0.2, 0.25) is 0 Å². The third-order valence-corrected chi connectivity index (χ3v) is 3.06. The minimum absolute atomic E-state index is 0.108. The molecule has 5 nitrogen and oxygen atoms in total. The van der Waals surface area contributed by atoms with Crippen molar-refractivity contribution in [1.82, 2.24) is 5.06 Å². The van der Waals surface area contributed by atoms with E-state index in [-0.39, 0.29) is 17.0 Å². The third kappa shape index (κ3) is 2.36. The summed E-state index contributed by atoms with van der Waals surface area (Å²) >= 11 is 0. The molecule has 5 heteroatoms. The normalized spacial score (nSPS) is 22.9. The molecule has 0 aromatic carbocycles. The predicted octanol–water partition coefficient (Wildman–Crippen LogP) is 0.838. The lowest BCUT2D eigenvalue weighted by molar-refractivity contribution is -0.185. The molecular formula is C11H22N4O. The van der Waals surface area contributed by atoms with Crippen LogP contribution in [-0.2, 0) is 0 Å². The molecule has 92 valence electrons. The number of aliphatic imine (C=N–C) groups is 1. The molecule has 0 atom stereocenters. The first-order valence-electron chi connectivity index (χ1n) is 5.45. The molecule has 1 aliphatic heterocycles. The Morgan fingerprint density at radius 1 is 1.38 bits per heavy atom. The zero-order valence-corrected chi connectivity index (χ0v) is 10.5. The predicted molar refractivity (Wildman–Crippen MR) is 65.2 cm³/mol. The fraction of sp³-hybridized carbons (Fsp3) is 0.727. The van der Waals surface area contributed by atoms with Gasteiger partial charge in [0.15, 0.2) is 5.96 Å². The minimum Gasteiger partial charge on any atom is -0.370 e. The monoisotopic (exact) mass is 226 g/mol. The third-order valence-electron chi connectivity index (χ3n) is 3.06. The van der Waals surface area contributed by atoms with Crippen LogP contribution in [0.2, 0.25) is 0 Å². The maximum absolute atomic E-state index is 10.1. The summed E-state index contributed by atoms with van der Waals surface area (Å²) in [5, 5.41) is 11.4. The van der Waals surface area contributed by atoms with Crippen LogP contribution >= 0.6 is 0 Å². The van der Waals surface area contributed by atoms with Crippen LogP contribution in [0.5, 0.6) is 0 Å². The lowest BCUT2D eigenvalue weighted by atomic mass is 9.94. The number of nitrogens with two attached hydrogens (primary N) is 2. The molecule has 0 aliphatic carbocycles. The Morgan fingerprint density at radius 3 is 2.31 bits per heavy atom. The first-order chi connectivity index (χ1) is 7.18. The highest BCUT2D eigenvalue weighted by atomic mass is 16.5. The van der Waals surface area contributed by atoms with Gasteiger partial charge in [-0.3, -0.25) is 4.99 Å². The van der Waals surface area contributed by atoms with Gasteiger partial charge in [-0.05, 0) is 39.7 Å². The summed E-state index contributed by atoms with van der Waals surface area (Å²) in [6.07, 6.45) is 2.83. The molecule has 5 N–H and O–H groups in total. The van der Waals surface area contributed by atoms with Gasteiger partial charge in [-0.15, -0.1) is 0 Å². The number of hydrogen-bond donors (Lipinski definition) is 3. The van der Waals surface area contributed by atoms with Crippen molar-refractivity contribution in [3.8, 4) is 0 Å². The number of hydrogen-bond acceptors (Lipinski definition) is 3. The summed E-state index contributed by atoms with van der Waals surface area (Å²) in [4.78, 5) is 3.96. The summed E-state index contributed by atoms with van der Waals surface area (Å²) in [5.74, 6) is 0.108. The van der Waals surface area contributed by atoms with Crippen LogP contribution in [0.15, 0.2) is 16.6 Å². The number of nitrogens with zero attached hydrogens (tertiary/aromatic N) is 2. The van der Waals surface area contributed by atoms with E-state index >= 15 is 0 Å². The van der Waals surface area contributed by atoms with Crippen molar-refractivity contribution in [3.63, 3.8) is 0 Å². The van der Waals surface area contributed by atoms with Crippen molar-refractivity contribution in [2.24, 2.45) is 16.5 Å². The van der Waals surface area contributed by atoms with Gasteiger partial charge in [-0.25, -0.2) is 0 Å². The molecule has 16 heavy (non-hydrogen) atoms. The molecular weight excluding hydrogens is 204 g/mol. The van der Waals surface area contributed by atoms with Crippen LogP contribution in [0.25, 0.3) is 0 Å². The standard InChI is InChI=1S/C11H22N4O/c1-10(2)7-8(5-6-14-9(12)13)11(3,4)15(10)16/h7,16H,5-6H2,1-4H3,(H4,12,13,14). The number of hydroxylamine groups is 2. The van der Waals surface area contributed by atoms with E-state index in [0.29, 0.717) is 6.54 Å². The summed E-state index contributed by atoms with van der Waals surface area (Å²) < 4.78 is 0. The fourth-order valence-electron chi connectivity index (χ4n) is 2.20. The lowest BCUT2D eigenvalue weighted by Crippen LogP contribution is -2.47.